The normalized spacial score (nSPS) is 11.6. The van der Waals surface area contributed by atoms with Crippen LogP contribution >= 0.6 is 11.8 Å². The topological polar surface area (TPSA) is 43.6 Å². The van der Waals surface area contributed by atoms with E-state index < -0.39 is 11.7 Å². The van der Waals surface area contributed by atoms with Crippen LogP contribution < -0.4 is 0 Å². The summed E-state index contributed by atoms with van der Waals surface area (Å²) in [7, 11) is 0. The van der Waals surface area contributed by atoms with Crippen LogP contribution in [-0.4, -0.2) is 19.7 Å². The molecule has 0 N–H and O–H groups in total. The molecule has 0 bridgehead atoms. The van der Waals surface area contributed by atoms with Crippen molar-refractivity contribution in [1.29, 1.82) is 0 Å². The molecule has 0 spiro atoms. The monoisotopic (exact) mass is 430 g/mol. The summed E-state index contributed by atoms with van der Waals surface area (Å²) < 4.78 is 54.8. The number of alkyl halides is 3. The average molecular weight is 430 g/mol. The van der Waals surface area contributed by atoms with E-state index in [0.29, 0.717) is 22.3 Å². The maximum Gasteiger partial charge on any atom is 0.416 e. The fraction of sp³-hybridized carbons (Fsp3) is 0.0952. The van der Waals surface area contributed by atoms with Crippen LogP contribution in [0.3, 0.4) is 0 Å². The molecule has 0 amide bonds. The van der Waals surface area contributed by atoms with Crippen LogP contribution in [0, 0.1) is 5.82 Å². The summed E-state index contributed by atoms with van der Waals surface area (Å²) in [5.41, 5.74) is 0.837. The number of nitrogens with zero attached hydrogens (tertiary/aromatic N) is 4. The zero-order chi connectivity index (χ0) is 21.1. The number of aromatic nitrogens is 4. The molecule has 4 rings (SSSR count). The lowest BCUT2D eigenvalue weighted by atomic mass is 10.2. The highest BCUT2D eigenvalue weighted by molar-refractivity contribution is 7.98. The third-order valence-electron chi connectivity index (χ3n) is 4.24. The first-order valence-corrected chi connectivity index (χ1v) is 9.81. The van der Waals surface area contributed by atoms with Crippen molar-refractivity contribution >= 4 is 11.8 Å². The zero-order valence-electron chi connectivity index (χ0n) is 15.3. The van der Waals surface area contributed by atoms with Gasteiger partial charge < -0.3 is 0 Å². The second-order valence-electron chi connectivity index (χ2n) is 6.35. The highest BCUT2D eigenvalue weighted by Gasteiger charge is 2.31. The smallest absolute Gasteiger partial charge is 0.270 e. The molecule has 30 heavy (non-hydrogen) atoms. The van der Waals surface area contributed by atoms with E-state index in [9.17, 15) is 17.6 Å². The fourth-order valence-electron chi connectivity index (χ4n) is 2.87. The molecule has 9 heteroatoms. The van der Waals surface area contributed by atoms with E-state index in [2.05, 4.69) is 15.2 Å². The molecule has 0 aliphatic carbocycles. The Labute approximate surface area is 173 Å². The van der Waals surface area contributed by atoms with Crippen LogP contribution in [0.15, 0.2) is 78.2 Å². The van der Waals surface area contributed by atoms with Crippen molar-refractivity contribution in [2.45, 2.75) is 17.1 Å². The first kappa shape index (κ1) is 20.1. The van der Waals surface area contributed by atoms with Crippen molar-refractivity contribution in [1.82, 2.24) is 19.7 Å². The maximum absolute atomic E-state index is 13.5. The standard InChI is InChI=1S/C21H14F4N4S/c22-17-7-1-4-14(10-17)13-30-20-28-27-19(15-5-3-9-26-12-15)29(20)18-8-2-6-16(11-18)21(23,24)25/h1-12H,13H2. The molecular weight excluding hydrogens is 416 g/mol. The number of halogens is 4. The summed E-state index contributed by atoms with van der Waals surface area (Å²) in [6.07, 6.45) is -1.32. The Hall–Kier alpha value is -3.20. The Balaban J connectivity index is 1.77. The minimum atomic E-state index is -4.48. The fourth-order valence-corrected chi connectivity index (χ4v) is 3.77. The third-order valence-corrected chi connectivity index (χ3v) is 5.24. The molecule has 0 fully saturated rings. The Morgan fingerprint density at radius 1 is 0.933 bits per heavy atom. The minimum absolute atomic E-state index is 0.274. The van der Waals surface area contributed by atoms with Crippen molar-refractivity contribution in [3.05, 3.63) is 90.0 Å². The average Bonchev–Trinajstić information content (AvgIpc) is 3.16. The van der Waals surface area contributed by atoms with Gasteiger partial charge in [-0.05, 0) is 48.0 Å². The van der Waals surface area contributed by atoms with Crippen molar-refractivity contribution in [3.63, 3.8) is 0 Å². The van der Waals surface area contributed by atoms with Gasteiger partial charge in [-0.25, -0.2) is 4.39 Å². The van der Waals surface area contributed by atoms with E-state index in [-0.39, 0.29) is 11.5 Å². The van der Waals surface area contributed by atoms with Crippen molar-refractivity contribution in [2.24, 2.45) is 0 Å². The van der Waals surface area contributed by atoms with Gasteiger partial charge in [0.2, 0.25) is 0 Å². The zero-order valence-corrected chi connectivity index (χ0v) is 16.2. The number of hydrogen-bond acceptors (Lipinski definition) is 4. The van der Waals surface area contributed by atoms with Gasteiger partial charge in [-0.15, -0.1) is 10.2 Å². The quantitative estimate of drug-likeness (QED) is 0.297. The molecule has 2 aromatic carbocycles. The highest BCUT2D eigenvalue weighted by atomic mass is 32.2. The lowest BCUT2D eigenvalue weighted by Crippen LogP contribution is -2.07. The molecule has 0 aliphatic heterocycles. The SMILES string of the molecule is Fc1cccc(CSc2nnc(-c3cccnc3)n2-c2cccc(C(F)(F)F)c2)c1. The van der Waals surface area contributed by atoms with Gasteiger partial charge in [0.15, 0.2) is 11.0 Å². The molecule has 2 aromatic heterocycles. The van der Waals surface area contributed by atoms with E-state index in [1.54, 1.807) is 47.3 Å². The molecule has 4 aromatic rings. The molecule has 2 heterocycles. The summed E-state index contributed by atoms with van der Waals surface area (Å²) in [5.74, 6) is 0.384. The van der Waals surface area contributed by atoms with Crippen LogP contribution in [0.25, 0.3) is 17.1 Å². The third kappa shape index (κ3) is 4.35. The molecule has 0 saturated heterocycles. The first-order valence-electron chi connectivity index (χ1n) is 8.82. The number of pyridine rings is 1. The van der Waals surface area contributed by atoms with Crippen LogP contribution in [-0.2, 0) is 11.9 Å². The van der Waals surface area contributed by atoms with Gasteiger partial charge in [-0.3, -0.25) is 9.55 Å². The number of benzene rings is 2. The summed E-state index contributed by atoms with van der Waals surface area (Å²) in [5, 5.41) is 8.74. The summed E-state index contributed by atoms with van der Waals surface area (Å²) >= 11 is 1.25. The lowest BCUT2D eigenvalue weighted by Gasteiger charge is -2.13. The van der Waals surface area contributed by atoms with Gasteiger partial charge in [0, 0.05) is 23.7 Å². The van der Waals surface area contributed by atoms with Gasteiger partial charge in [0.25, 0.3) is 0 Å². The van der Waals surface area contributed by atoms with E-state index in [0.717, 1.165) is 17.7 Å². The van der Waals surface area contributed by atoms with Gasteiger partial charge in [-0.1, -0.05) is 30.0 Å². The maximum atomic E-state index is 13.5. The number of hydrogen-bond donors (Lipinski definition) is 0. The molecule has 0 radical (unpaired) electrons. The largest absolute Gasteiger partial charge is 0.416 e. The van der Waals surface area contributed by atoms with Gasteiger partial charge in [-0.2, -0.15) is 13.2 Å². The molecule has 4 nitrogen and oxygen atoms in total. The van der Waals surface area contributed by atoms with Gasteiger partial charge in [0.05, 0.1) is 11.3 Å². The van der Waals surface area contributed by atoms with E-state index >= 15 is 0 Å². The lowest BCUT2D eigenvalue weighted by molar-refractivity contribution is -0.137. The van der Waals surface area contributed by atoms with E-state index in [1.807, 2.05) is 0 Å². The molecule has 152 valence electrons. The van der Waals surface area contributed by atoms with Crippen LogP contribution in [0.5, 0.6) is 0 Å². The predicted octanol–water partition coefficient (Wildman–Crippen LogP) is 5.78. The minimum Gasteiger partial charge on any atom is -0.270 e. The molecular formula is C21H14F4N4S. The summed E-state index contributed by atoms with van der Waals surface area (Å²) in [6, 6.07) is 14.5. The predicted molar refractivity (Wildman–Crippen MR) is 106 cm³/mol. The molecule has 0 atom stereocenters. The van der Waals surface area contributed by atoms with Gasteiger partial charge in [0.1, 0.15) is 5.82 Å². The van der Waals surface area contributed by atoms with Crippen LogP contribution in [0.4, 0.5) is 17.6 Å². The summed E-state index contributed by atoms with van der Waals surface area (Å²) in [6.45, 7) is 0. The number of rotatable bonds is 5. The molecule has 0 unspecified atom stereocenters. The van der Waals surface area contributed by atoms with E-state index in [4.69, 9.17) is 0 Å². The van der Waals surface area contributed by atoms with Crippen molar-refractivity contribution in [2.75, 3.05) is 0 Å². The Morgan fingerprint density at radius 2 is 1.77 bits per heavy atom. The van der Waals surface area contributed by atoms with Crippen molar-refractivity contribution < 1.29 is 17.6 Å². The number of thioether (sulfide) groups is 1. The van der Waals surface area contributed by atoms with Gasteiger partial charge >= 0.3 is 6.18 Å². The van der Waals surface area contributed by atoms with Crippen LogP contribution in [0.1, 0.15) is 11.1 Å². The second-order valence-corrected chi connectivity index (χ2v) is 7.29. The Morgan fingerprint density at radius 3 is 2.50 bits per heavy atom. The molecule has 0 aliphatic rings. The Kier molecular flexibility index (Phi) is 5.54. The second kappa shape index (κ2) is 8.27. The van der Waals surface area contributed by atoms with Crippen LogP contribution in [0.2, 0.25) is 0 Å². The first-order chi connectivity index (χ1) is 14.4. The summed E-state index contributed by atoms with van der Waals surface area (Å²) in [4.78, 5) is 4.06. The van der Waals surface area contributed by atoms with E-state index in [1.165, 1.54) is 30.0 Å². The molecule has 0 saturated carbocycles. The van der Waals surface area contributed by atoms with Crippen molar-refractivity contribution in [3.8, 4) is 17.1 Å². The highest BCUT2D eigenvalue weighted by Crippen LogP contribution is 2.34. The Bertz CT molecular complexity index is 1160.